The molecule has 0 saturated heterocycles. The molecule has 2 amide bonds. The molecule has 7 nitrogen and oxygen atoms in total. The van der Waals surface area contributed by atoms with E-state index in [2.05, 4.69) is 5.32 Å². The zero-order valence-corrected chi connectivity index (χ0v) is 21.9. The van der Waals surface area contributed by atoms with Crippen molar-refractivity contribution < 1.29 is 22.4 Å². The Morgan fingerprint density at radius 2 is 1.74 bits per heavy atom. The smallest absolute Gasteiger partial charge is 0.242 e. The van der Waals surface area contributed by atoms with Gasteiger partial charge in [0.15, 0.2) is 0 Å². The van der Waals surface area contributed by atoms with Gasteiger partial charge in [-0.2, -0.15) is 0 Å². The van der Waals surface area contributed by atoms with Crippen molar-refractivity contribution in [2.45, 2.75) is 52.1 Å². The molecule has 2 aromatic carbocycles. The van der Waals surface area contributed by atoms with E-state index in [4.69, 9.17) is 11.6 Å². The molecule has 0 spiro atoms. The van der Waals surface area contributed by atoms with Crippen LogP contribution in [0.5, 0.6) is 0 Å². The third-order valence-electron chi connectivity index (χ3n) is 5.51. The number of para-hydroxylation sites is 1. The first kappa shape index (κ1) is 28.6. The van der Waals surface area contributed by atoms with Gasteiger partial charge < -0.3 is 10.2 Å². The molecule has 10 heteroatoms. The lowest BCUT2D eigenvalue weighted by molar-refractivity contribution is -0.141. The Hall–Kier alpha value is -2.65. The van der Waals surface area contributed by atoms with E-state index in [1.165, 1.54) is 23.1 Å². The largest absolute Gasteiger partial charge is 0.354 e. The molecular weight excluding hydrogens is 493 g/mol. The van der Waals surface area contributed by atoms with Crippen LogP contribution < -0.4 is 9.62 Å². The zero-order valence-electron chi connectivity index (χ0n) is 20.3. The Bertz CT molecular complexity index is 1110. The van der Waals surface area contributed by atoms with Crippen molar-refractivity contribution in [3.63, 3.8) is 0 Å². The van der Waals surface area contributed by atoms with Crippen molar-refractivity contribution >= 4 is 39.1 Å². The van der Waals surface area contributed by atoms with Crippen molar-refractivity contribution in [2.24, 2.45) is 0 Å². The van der Waals surface area contributed by atoms with Crippen LogP contribution in [-0.2, 0) is 26.2 Å². The number of carbonyl (C=O) groups is 2. The molecule has 0 radical (unpaired) electrons. The van der Waals surface area contributed by atoms with Crippen LogP contribution in [0.2, 0.25) is 5.02 Å². The Labute approximate surface area is 212 Å². The van der Waals surface area contributed by atoms with Gasteiger partial charge in [0, 0.05) is 31.1 Å². The minimum Gasteiger partial charge on any atom is -0.354 e. The number of hydrogen-bond donors (Lipinski definition) is 1. The summed E-state index contributed by atoms with van der Waals surface area (Å²) in [5, 5.41) is 3.33. The van der Waals surface area contributed by atoms with Crippen LogP contribution >= 0.6 is 11.6 Å². The number of hydrogen-bond acceptors (Lipinski definition) is 4. The Balaban J connectivity index is 2.22. The van der Waals surface area contributed by atoms with E-state index in [0.717, 1.165) is 17.0 Å². The van der Waals surface area contributed by atoms with Crippen LogP contribution in [-0.4, -0.2) is 50.5 Å². The Morgan fingerprint density at radius 1 is 1.09 bits per heavy atom. The predicted octanol–water partition coefficient (Wildman–Crippen LogP) is 4.36. The first-order chi connectivity index (χ1) is 16.6. The van der Waals surface area contributed by atoms with E-state index in [1.807, 2.05) is 13.8 Å². The van der Waals surface area contributed by atoms with Gasteiger partial charge in [-0.1, -0.05) is 55.8 Å². The van der Waals surface area contributed by atoms with E-state index in [-0.39, 0.29) is 43.4 Å². The fourth-order valence-electron chi connectivity index (χ4n) is 3.73. The highest BCUT2D eigenvalue weighted by Crippen LogP contribution is 2.23. The van der Waals surface area contributed by atoms with Gasteiger partial charge in [0.1, 0.15) is 11.9 Å². The van der Waals surface area contributed by atoms with E-state index in [1.54, 1.807) is 30.3 Å². The molecule has 2 rings (SSSR count). The van der Waals surface area contributed by atoms with Crippen molar-refractivity contribution in [2.75, 3.05) is 23.7 Å². The topological polar surface area (TPSA) is 86.8 Å². The van der Waals surface area contributed by atoms with E-state index in [9.17, 15) is 22.4 Å². The highest BCUT2D eigenvalue weighted by Gasteiger charge is 2.29. The maximum Gasteiger partial charge on any atom is 0.242 e. The van der Waals surface area contributed by atoms with Gasteiger partial charge in [-0.05, 0) is 43.0 Å². The van der Waals surface area contributed by atoms with Gasteiger partial charge in [-0.25, -0.2) is 12.8 Å². The first-order valence-electron chi connectivity index (χ1n) is 11.6. The van der Waals surface area contributed by atoms with Crippen molar-refractivity contribution in [3.05, 3.63) is 64.9 Å². The average Bonchev–Trinajstić information content (AvgIpc) is 2.81. The number of anilines is 1. The molecule has 0 saturated carbocycles. The summed E-state index contributed by atoms with van der Waals surface area (Å²) in [6, 6.07) is 12.0. The molecule has 192 valence electrons. The molecule has 0 heterocycles. The number of nitrogens with one attached hydrogen (secondary N) is 1. The summed E-state index contributed by atoms with van der Waals surface area (Å²) in [5.41, 5.74) is 0.633. The Morgan fingerprint density at radius 3 is 2.34 bits per heavy atom. The highest BCUT2D eigenvalue weighted by molar-refractivity contribution is 7.92. The lowest BCUT2D eigenvalue weighted by atomic mass is 10.1. The normalized spacial score (nSPS) is 12.1. The fraction of sp³-hybridized carbons (Fsp3) is 0.440. The molecule has 0 aliphatic carbocycles. The predicted molar refractivity (Wildman–Crippen MR) is 137 cm³/mol. The monoisotopic (exact) mass is 525 g/mol. The molecule has 1 unspecified atom stereocenters. The van der Waals surface area contributed by atoms with Crippen molar-refractivity contribution in [3.8, 4) is 0 Å². The average molecular weight is 526 g/mol. The van der Waals surface area contributed by atoms with Gasteiger partial charge in [0.05, 0.1) is 11.9 Å². The standard InChI is InChI=1S/C25H33ClFN3O4S/c1-4-16-28-25(32)22(5-2)29(18-19-11-6-7-12-20(19)26)24(31)15-10-17-30(35(3,33)34)23-14-9-8-13-21(23)27/h6-9,11-14,22H,4-5,10,15-18H2,1-3H3,(H,28,32). The SMILES string of the molecule is CCCNC(=O)C(CC)N(Cc1ccccc1Cl)C(=O)CCCN(c1ccccc1F)S(C)(=O)=O. The summed E-state index contributed by atoms with van der Waals surface area (Å²) in [4.78, 5) is 27.6. The summed E-state index contributed by atoms with van der Waals surface area (Å²) in [5.74, 6) is -1.23. The quantitative estimate of drug-likeness (QED) is 0.421. The fourth-order valence-corrected chi connectivity index (χ4v) is 4.89. The maximum atomic E-state index is 14.3. The first-order valence-corrected chi connectivity index (χ1v) is 13.9. The van der Waals surface area contributed by atoms with Crippen LogP contribution in [0.3, 0.4) is 0 Å². The number of amides is 2. The lowest BCUT2D eigenvalue weighted by Crippen LogP contribution is -2.49. The molecule has 1 N–H and O–H groups in total. The van der Waals surface area contributed by atoms with Crippen LogP contribution in [0, 0.1) is 5.82 Å². The molecule has 0 aliphatic rings. The number of carbonyl (C=O) groups excluding carboxylic acids is 2. The second-order valence-corrected chi connectivity index (χ2v) is 10.5. The van der Waals surface area contributed by atoms with Gasteiger partial charge >= 0.3 is 0 Å². The molecule has 0 fully saturated rings. The van der Waals surface area contributed by atoms with Crippen molar-refractivity contribution in [1.29, 1.82) is 0 Å². The Kier molecular flexibility index (Phi) is 11.0. The summed E-state index contributed by atoms with van der Waals surface area (Å²) in [6.07, 6.45) is 2.28. The van der Waals surface area contributed by atoms with Crippen molar-refractivity contribution in [1.82, 2.24) is 10.2 Å². The van der Waals surface area contributed by atoms with Crippen LogP contribution in [0.25, 0.3) is 0 Å². The summed E-state index contributed by atoms with van der Waals surface area (Å²) < 4.78 is 39.9. The molecule has 0 aromatic heterocycles. The highest BCUT2D eigenvalue weighted by atomic mass is 35.5. The van der Waals surface area contributed by atoms with E-state index >= 15 is 0 Å². The third-order valence-corrected chi connectivity index (χ3v) is 7.06. The molecule has 0 aliphatic heterocycles. The number of rotatable bonds is 13. The van der Waals surface area contributed by atoms with Crippen LogP contribution in [0.1, 0.15) is 45.1 Å². The third kappa shape index (κ3) is 8.21. The van der Waals surface area contributed by atoms with Gasteiger partial charge in [-0.3, -0.25) is 13.9 Å². The summed E-state index contributed by atoms with van der Waals surface area (Å²) in [6.45, 7) is 4.32. The van der Waals surface area contributed by atoms with Gasteiger partial charge in [0.2, 0.25) is 21.8 Å². The van der Waals surface area contributed by atoms with Gasteiger partial charge in [0.25, 0.3) is 0 Å². The zero-order chi connectivity index (χ0) is 26.0. The van der Waals surface area contributed by atoms with Crippen LogP contribution in [0.4, 0.5) is 10.1 Å². The minimum absolute atomic E-state index is 0.0253. The second-order valence-electron chi connectivity index (χ2n) is 8.22. The lowest BCUT2D eigenvalue weighted by Gasteiger charge is -2.31. The summed E-state index contributed by atoms with van der Waals surface area (Å²) in [7, 11) is -3.77. The molecule has 2 aromatic rings. The van der Waals surface area contributed by atoms with E-state index in [0.29, 0.717) is 23.6 Å². The molecule has 0 bridgehead atoms. The van der Waals surface area contributed by atoms with E-state index < -0.39 is 21.9 Å². The minimum atomic E-state index is -3.77. The summed E-state index contributed by atoms with van der Waals surface area (Å²) >= 11 is 6.32. The number of nitrogens with zero attached hydrogens (tertiary/aromatic N) is 2. The molecule has 1 atom stereocenters. The number of benzene rings is 2. The number of halogens is 2. The van der Waals surface area contributed by atoms with Crippen LogP contribution in [0.15, 0.2) is 48.5 Å². The van der Waals surface area contributed by atoms with Gasteiger partial charge in [-0.15, -0.1) is 0 Å². The molecular formula is C25H33ClFN3O4S. The number of sulfonamides is 1. The molecule has 35 heavy (non-hydrogen) atoms. The maximum absolute atomic E-state index is 14.3. The second kappa shape index (κ2) is 13.4.